The zero-order valence-electron chi connectivity index (χ0n) is 10.1. The predicted molar refractivity (Wildman–Crippen MR) is 72.9 cm³/mol. The molecule has 0 aromatic rings. The van der Waals surface area contributed by atoms with Gasteiger partial charge < -0.3 is 9.47 Å². The molecule has 17 heavy (non-hydrogen) atoms. The van der Waals surface area contributed by atoms with Gasteiger partial charge in [0.2, 0.25) is 0 Å². The zero-order chi connectivity index (χ0) is 12.3. The van der Waals surface area contributed by atoms with Crippen molar-refractivity contribution in [3.63, 3.8) is 0 Å². The number of hydrogen-bond donors (Lipinski definition) is 0. The molecule has 2 nitrogen and oxygen atoms in total. The minimum atomic E-state index is 0.261. The fraction of sp³-hybridized carbons (Fsp3) is 0.571. The highest BCUT2D eigenvalue weighted by atomic mass is 79.9. The third-order valence-electron chi connectivity index (χ3n) is 3.19. The average molecular weight is 299 g/mol. The Balaban J connectivity index is 2.09. The van der Waals surface area contributed by atoms with E-state index in [1.807, 2.05) is 6.08 Å². The van der Waals surface area contributed by atoms with Gasteiger partial charge in [0.05, 0.1) is 13.2 Å². The maximum atomic E-state index is 6.06. The van der Waals surface area contributed by atoms with Crippen LogP contribution < -0.4 is 0 Å². The van der Waals surface area contributed by atoms with E-state index >= 15 is 0 Å². The lowest BCUT2D eigenvalue weighted by Crippen LogP contribution is -2.23. The maximum Gasteiger partial charge on any atom is 0.123 e. The summed E-state index contributed by atoms with van der Waals surface area (Å²) in [7, 11) is 0. The van der Waals surface area contributed by atoms with Crippen LogP contribution in [-0.2, 0) is 9.47 Å². The first kappa shape index (κ1) is 12.9. The van der Waals surface area contributed by atoms with Gasteiger partial charge in [-0.1, -0.05) is 29.1 Å². The quantitative estimate of drug-likeness (QED) is 0.565. The van der Waals surface area contributed by atoms with Crippen LogP contribution in [-0.4, -0.2) is 19.3 Å². The van der Waals surface area contributed by atoms with Crippen molar-refractivity contribution in [3.8, 4) is 0 Å². The van der Waals surface area contributed by atoms with Crippen LogP contribution in [0.1, 0.15) is 25.7 Å². The fourth-order valence-corrected chi connectivity index (χ4v) is 2.64. The first-order valence-electron chi connectivity index (χ1n) is 6.18. The summed E-state index contributed by atoms with van der Waals surface area (Å²) >= 11 is 3.48. The van der Waals surface area contributed by atoms with Crippen LogP contribution in [0.15, 0.2) is 35.0 Å². The van der Waals surface area contributed by atoms with Gasteiger partial charge in [0.15, 0.2) is 0 Å². The molecule has 2 aliphatic rings. The molecule has 0 spiro atoms. The molecule has 0 unspecified atom stereocenters. The third kappa shape index (κ3) is 3.46. The van der Waals surface area contributed by atoms with E-state index in [1.54, 1.807) is 0 Å². The second-order valence-electron chi connectivity index (χ2n) is 4.59. The highest BCUT2D eigenvalue weighted by Gasteiger charge is 2.30. The Morgan fingerprint density at radius 3 is 2.35 bits per heavy atom. The summed E-state index contributed by atoms with van der Waals surface area (Å²) in [6, 6.07) is 0. The summed E-state index contributed by atoms with van der Waals surface area (Å²) in [5.74, 6) is 1.51. The summed E-state index contributed by atoms with van der Waals surface area (Å²) in [4.78, 5) is 0. The van der Waals surface area contributed by atoms with Crippen molar-refractivity contribution >= 4 is 15.9 Å². The van der Waals surface area contributed by atoms with Gasteiger partial charge in [0, 0.05) is 22.9 Å². The standard InChI is InChI=1S/C14H19BrO2/c1-3-13(14(10(2)15)11-4-5-11)17-12-6-8-16-9-7-12/h3,11-12H,1-2,4-9H2/b14-13-. The molecule has 0 bridgehead atoms. The molecule has 1 aliphatic heterocycles. The van der Waals surface area contributed by atoms with Crippen LogP contribution in [0.25, 0.3) is 0 Å². The Labute approximate surface area is 111 Å². The van der Waals surface area contributed by atoms with Crippen LogP contribution in [0.3, 0.4) is 0 Å². The smallest absolute Gasteiger partial charge is 0.123 e. The highest BCUT2D eigenvalue weighted by Crippen LogP contribution is 2.43. The molecule has 0 aromatic heterocycles. The molecule has 0 aromatic carbocycles. The van der Waals surface area contributed by atoms with Gasteiger partial charge in [0.25, 0.3) is 0 Å². The molecule has 1 heterocycles. The van der Waals surface area contributed by atoms with Gasteiger partial charge in [-0.3, -0.25) is 0 Å². The Kier molecular flexibility index (Phi) is 4.46. The molecule has 0 atom stereocenters. The van der Waals surface area contributed by atoms with E-state index in [0.29, 0.717) is 5.92 Å². The number of rotatable bonds is 5. The van der Waals surface area contributed by atoms with Crippen LogP contribution in [0.2, 0.25) is 0 Å². The van der Waals surface area contributed by atoms with Gasteiger partial charge in [-0.15, -0.1) is 0 Å². The van der Waals surface area contributed by atoms with E-state index in [1.165, 1.54) is 18.4 Å². The van der Waals surface area contributed by atoms with E-state index in [2.05, 4.69) is 29.1 Å². The summed E-state index contributed by atoms with van der Waals surface area (Å²) in [6.45, 7) is 9.44. The molecule has 0 amide bonds. The molecule has 1 aliphatic carbocycles. The number of halogens is 1. The Hall–Kier alpha value is -0.540. The minimum Gasteiger partial charge on any atom is -0.490 e. The van der Waals surface area contributed by atoms with Crippen LogP contribution >= 0.6 is 15.9 Å². The van der Waals surface area contributed by atoms with E-state index in [9.17, 15) is 0 Å². The van der Waals surface area contributed by atoms with Crippen LogP contribution in [0.4, 0.5) is 0 Å². The molecular formula is C14H19BrO2. The average Bonchev–Trinajstić information content (AvgIpc) is 3.13. The molecule has 0 N–H and O–H groups in total. The predicted octanol–water partition coefficient (Wildman–Crippen LogP) is 3.94. The number of ether oxygens (including phenoxy) is 2. The largest absolute Gasteiger partial charge is 0.490 e. The van der Waals surface area contributed by atoms with Gasteiger partial charge in [-0.2, -0.15) is 0 Å². The first-order valence-corrected chi connectivity index (χ1v) is 6.97. The van der Waals surface area contributed by atoms with E-state index in [-0.39, 0.29) is 6.10 Å². The Morgan fingerprint density at radius 1 is 1.24 bits per heavy atom. The highest BCUT2D eigenvalue weighted by molar-refractivity contribution is 9.11. The molecular weight excluding hydrogens is 280 g/mol. The zero-order valence-corrected chi connectivity index (χ0v) is 11.7. The van der Waals surface area contributed by atoms with Crippen molar-refractivity contribution in [2.24, 2.45) is 5.92 Å². The van der Waals surface area contributed by atoms with E-state index < -0.39 is 0 Å². The van der Waals surface area contributed by atoms with E-state index in [0.717, 1.165) is 36.3 Å². The molecule has 94 valence electrons. The first-order chi connectivity index (χ1) is 8.22. The van der Waals surface area contributed by atoms with Crippen molar-refractivity contribution in [2.45, 2.75) is 31.8 Å². The molecule has 2 rings (SSSR count). The molecule has 1 saturated heterocycles. The topological polar surface area (TPSA) is 18.5 Å². The number of allylic oxidation sites excluding steroid dienone is 3. The van der Waals surface area contributed by atoms with Gasteiger partial charge in [-0.25, -0.2) is 0 Å². The number of hydrogen-bond acceptors (Lipinski definition) is 2. The van der Waals surface area contributed by atoms with E-state index in [4.69, 9.17) is 9.47 Å². The summed E-state index contributed by atoms with van der Waals surface area (Å²) in [5.41, 5.74) is 1.20. The lowest BCUT2D eigenvalue weighted by molar-refractivity contribution is -0.00144. The normalized spacial score (nSPS) is 22.9. The van der Waals surface area contributed by atoms with Crippen molar-refractivity contribution in [3.05, 3.63) is 35.0 Å². The van der Waals surface area contributed by atoms with Gasteiger partial charge in [0.1, 0.15) is 11.9 Å². The minimum absolute atomic E-state index is 0.261. The molecule has 1 saturated carbocycles. The monoisotopic (exact) mass is 298 g/mol. The summed E-state index contributed by atoms with van der Waals surface area (Å²) in [5, 5.41) is 0. The van der Waals surface area contributed by atoms with Gasteiger partial charge in [-0.05, 0) is 24.8 Å². The van der Waals surface area contributed by atoms with Crippen molar-refractivity contribution in [1.29, 1.82) is 0 Å². The SMILES string of the molecule is C=C/C(OC1CCOCC1)=C(\C(=C)Br)C1CC1. The summed E-state index contributed by atoms with van der Waals surface area (Å²) < 4.78 is 12.3. The Morgan fingerprint density at radius 2 is 1.88 bits per heavy atom. The molecule has 3 heteroatoms. The van der Waals surface area contributed by atoms with Crippen molar-refractivity contribution in [2.75, 3.05) is 13.2 Å². The maximum absolute atomic E-state index is 6.06. The second-order valence-corrected chi connectivity index (χ2v) is 5.55. The third-order valence-corrected chi connectivity index (χ3v) is 3.62. The lowest BCUT2D eigenvalue weighted by atomic mass is 10.1. The molecule has 2 fully saturated rings. The Bertz CT molecular complexity index is 336. The lowest BCUT2D eigenvalue weighted by Gasteiger charge is -2.25. The van der Waals surface area contributed by atoms with Crippen molar-refractivity contribution < 1.29 is 9.47 Å². The van der Waals surface area contributed by atoms with Crippen LogP contribution in [0, 0.1) is 5.92 Å². The second kappa shape index (κ2) is 5.87. The molecule has 0 radical (unpaired) electrons. The summed E-state index contributed by atoms with van der Waals surface area (Å²) in [6.07, 6.45) is 6.46. The fourth-order valence-electron chi connectivity index (χ4n) is 2.12. The van der Waals surface area contributed by atoms with Crippen LogP contribution in [0.5, 0.6) is 0 Å². The van der Waals surface area contributed by atoms with Gasteiger partial charge >= 0.3 is 0 Å². The van der Waals surface area contributed by atoms with Crippen molar-refractivity contribution in [1.82, 2.24) is 0 Å².